The Kier molecular flexibility index (Phi) is 6.40. The Morgan fingerprint density at radius 1 is 0.913 bits per heavy atom. The van der Waals surface area contributed by atoms with E-state index in [-0.39, 0.29) is 11.2 Å². The number of Topliss-reactive ketones (excluding diaryl/α,β-unsaturated/α-hetero) is 1. The van der Waals surface area contributed by atoms with E-state index in [9.17, 15) is 4.79 Å². The van der Waals surface area contributed by atoms with Crippen LogP contribution >= 0.6 is 45.2 Å². The second-order valence-corrected chi connectivity index (χ2v) is 10.2. The Morgan fingerprint density at radius 3 is 1.96 bits per heavy atom. The zero-order valence-corrected chi connectivity index (χ0v) is 18.7. The van der Waals surface area contributed by atoms with Gasteiger partial charge in [-0.2, -0.15) is 0 Å². The van der Waals surface area contributed by atoms with Crippen LogP contribution in [0, 0.1) is 10.8 Å². The zero-order valence-electron chi connectivity index (χ0n) is 14.4. The maximum absolute atomic E-state index is 11.0. The monoisotopic (exact) mass is 544 g/mol. The SMILES string of the molecule is CC1(C)C=C(I)C(=O)CC1.CC1(C)C=C(I)C2(CC1)OCCO2. The summed E-state index contributed by atoms with van der Waals surface area (Å²) in [5.74, 6) is -0.0595. The largest absolute Gasteiger partial charge is 0.343 e. The molecule has 1 fully saturated rings. The molecule has 0 unspecified atom stereocenters. The molecule has 1 heterocycles. The number of rotatable bonds is 0. The first kappa shape index (κ1) is 19.8. The van der Waals surface area contributed by atoms with Crippen molar-refractivity contribution < 1.29 is 14.3 Å². The van der Waals surface area contributed by atoms with Crippen molar-refractivity contribution in [1.29, 1.82) is 0 Å². The van der Waals surface area contributed by atoms with Crippen molar-refractivity contribution >= 4 is 51.0 Å². The van der Waals surface area contributed by atoms with E-state index in [1.54, 1.807) is 0 Å². The van der Waals surface area contributed by atoms with Crippen LogP contribution in [0.1, 0.15) is 53.4 Å². The van der Waals surface area contributed by atoms with Gasteiger partial charge in [-0.1, -0.05) is 39.8 Å². The third-order valence-electron chi connectivity index (χ3n) is 4.51. The summed E-state index contributed by atoms with van der Waals surface area (Å²) in [5.41, 5.74) is 0.543. The van der Waals surface area contributed by atoms with Crippen molar-refractivity contribution in [2.75, 3.05) is 13.2 Å². The van der Waals surface area contributed by atoms with Crippen LogP contribution in [-0.2, 0) is 14.3 Å². The van der Waals surface area contributed by atoms with Gasteiger partial charge in [0.2, 0.25) is 0 Å². The van der Waals surface area contributed by atoms with Crippen LogP contribution in [0.3, 0.4) is 0 Å². The van der Waals surface area contributed by atoms with Crippen molar-refractivity contribution in [3.63, 3.8) is 0 Å². The minimum atomic E-state index is -0.365. The molecule has 3 rings (SSSR count). The van der Waals surface area contributed by atoms with Gasteiger partial charge in [0.15, 0.2) is 11.6 Å². The molecule has 0 atom stereocenters. The molecule has 23 heavy (non-hydrogen) atoms. The minimum Gasteiger partial charge on any atom is -0.343 e. The van der Waals surface area contributed by atoms with Gasteiger partial charge in [0.1, 0.15) is 0 Å². The lowest BCUT2D eigenvalue weighted by Crippen LogP contribution is -2.36. The molecule has 0 saturated carbocycles. The lowest BCUT2D eigenvalue weighted by atomic mass is 9.81. The average molecular weight is 544 g/mol. The highest BCUT2D eigenvalue weighted by atomic mass is 127. The Balaban J connectivity index is 0.000000174. The van der Waals surface area contributed by atoms with Gasteiger partial charge in [-0.05, 0) is 68.9 Å². The maximum atomic E-state index is 11.0. The van der Waals surface area contributed by atoms with Crippen molar-refractivity contribution in [1.82, 2.24) is 0 Å². The van der Waals surface area contributed by atoms with Gasteiger partial charge in [0.25, 0.3) is 0 Å². The van der Waals surface area contributed by atoms with E-state index < -0.39 is 0 Å². The highest BCUT2D eigenvalue weighted by Crippen LogP contribution is 2.46. The Morgan fingerprint density at radius 2 is 1.48 bits per heavy atom. The van der Waals surface area contributed by atoms with Crippen molar-refractivity contribution in [2.24, 2.45) is 10.8 Å². The van der Waals surface area contributed by atoms with Gasteiger partial charge >= 0.3 is 0 Å². The molecule has 0 aromatic rings. The number of ketones is 1. The first-order valence-electron chi connectivity index (χ1n) is 8.14. The Bertz CT molecular complexity index is 526. The number of allylic oxidation sites excluding steroid dienone is 3. The van der Waals surface area contributed by atoms with Gasteiger partial charge < -0.3 is 9.47 Å². The van der Waals surface area contributed by atoms with Crippen molar-refractivity contribution in [2.45, 2.75) is 59.2 Å². The molecule has 0 aromatic carbocycles. The molecule has 0 amide bonds. The van der Waals surface area contributed by atoms with Crippen molar-refractivity contribution in [3.8, 4) is 0 Å². The number of hydrogen-bond donors (Lipinski definition) is 0. The van der Waals surface area contributed by atoms with E-state index in [2.05, 4.69) is 85.0 Å². The topological polar surface area (TPSA) is 35.5 Å². The van der Waals surface area contributed by atoms with E-state index in [4.69, 9.17) is 9.47 Å². The van der Waals surface area contributed by atoms with Crippen LogP contribution in [0.4, 0.5) is 0 Å². The summed E-state index contributed by atoms with van der Waals surface area (Å²) in [6.07, 6.45) is 8.20. The molecule has 5 heteroatoms. The highest BCUT2D eigenvalue weighted by Gasteiger charge is 2.44. The van der Waals surface area contributed by atoms with Crippen LogP contribution in [0.2, 0.25) is 0 Å². The molecule has 3 nitrogen and oxygen atoms in total. The molecule has 2 aliphatic carbocycles. The third kappa shape index (κ3) is 5.25. The molecule has 1 saturated heterocycles. The molecule has 1 spiro atoms. The first-order chi connectivity index (χ1) is 10.6. The van der Waals surface area contributed by atoms with Gasteiger partial charge in [0, 0.05) is 16.4 Å². The molecule has 0 aromatic heterocycles. The summed E-state index contributed by atoms with van der Waals surface area (Å²) in [6, 6.07) is 0. The van der Waals surface area contributed by atoms with Crippen LogP contribution in [0.25, 0.3) is 0 Å². The summed E-state index contributed by atoms with van der Waals surface area (Å²) >= 11 is 4.47. The molecule has 0 N–H and O–H groups in total. The molecular weight excluding hydrogens is 518 g/mol. The summed E-state index contributed by atoms with van der Waals surface area (Å²) in [5, 5.41) is 0. The van der Waals surface area contributed by atoms with Crippen molar-refractivity contribution in [3.05, 3.63) is 19.3 Å². The van der Waals surface area contributed by atoms with Gasteiger partial charge in [-0.25, -0.2) is 0 Å². The van der Waals surface area contributed by atoms with E-state index in [0.717, 1.165) is 42.5 Å². The smallest absolute Gasteiger partial charge is 0.200 e. The van der Waals surface area contributed by atoms with Crippen LogP contribution in [-0.4, -0.2) is 24.8 Å². The number of carbonyl (C=O) groups is 1. The Labute approximate surface area is 166 Å². The minimum absolute atomic E-state index is 0.241. The fourth-order valence-corrected chi connectivity index (χ4v) is 5.46. The molecule has 0 bridgehead atoms. The zero-order chi connectivity index (χ0) is 17.3. The summed E-state index contributed by atoms with van der Waals surface area (Å²) in [4.78, 5) is 11.0. The predicted octanol–water partition coefficient (Wildman–Crippen LogP) is 5.56. The molecule has 130 valence electrons. The maximum Gasteiger partial charge on any atom is 0.200 e. The number of halogens is 2. The van der Waals surface area contributed by atoms with Gasteiger partial charge in [0.05, 0.1) is 16.8 Å². The second-order valence-electron chi connectivity index (χ2n) is 7.83. The average Bonchev–Trinajstić information content (AvgIpc) is 2.90. The highest BCUT2D eigenvalue weighted by molar-refractivity contribution is 14.1. The van der Waals surface area contributed by atoms with E-state index >= 15 is 0 Å². The van der Waals surface area contributed by atoms with Gasteiger partial charge in [-0.3, -0.25) is 4.79 Å². The second kappa shape index (κ2) is 7.41. The van der Waals surface area contributed by atoms with Crippen LogP contribution in [0.5, 0.6) is 0 Å². The number of hydrogen-bond acceptors (Lipinski definition) is 3. The predicted molar refractivity (Wildman–Crippen MR) is 110 cm³/mol. The number of ether oxygens (including phenoxy) is 2. The molecule has 0 radical (unpaired) electrons. The van der Waals surface area contributed by atoms with Gasteiger partial charge in [-0.15, -0.1) is 0 Å². The standard InChI is InChI=1S/C10H15IO2.C8H11IO/c1-9(2)3-4-10(8(11)7-9)12-5-6-13-10;1-8(2)4-3-7(10)6(9)5-8/h7H,3-6H2,1-2H3;5H,3-4H2,1-2H3. The lowest BCUT2D eigenvalue weighted by molar-refractivity contribution is -0.131. The molecular formula is C18H26I2O3. The summed E-state index contributed by atoms with van der Waals surface area (Å²) < 4.78 is 13.5. The summed E-state index contributed by atoms with van der Waals surface area (Å²) in [6.45, 7) is 10.3. The third-order valence-corrected chi connectivity index (χ3v) is 6.56. The molecule has 1 aliphatic heterocycles. The van der Waals surface area contributed by atoms with Crippen LogP contribution in [0.15, 0.2) is 19.3 Å². The lowest BCUT2D eigenvalue weighted by Gasteiger charge is -2.36. The summed E-state index contributed by atoms with van der Waals surface area (Å²) in [7, 11) is 0. The molecule has 3 aliphatic rings. The van der Waals surface area contributed by atoms with E-state index in [0.29, 0.717) is 11.2 Å². The number of carbonyl (C=O) groups excluding carboxylic acids is 1. The first-order valence-corrected chi connectivity index (χ1v) is 10.3. The van der Waals surface area contributed by atoms with Crippen LogP contribution < -0.4 is 0 Å². The quantitative estimate of drug-likeness (QED) is 0.375. The fraction of sp³-hybridized carbons (Fsp3) is 0.722. The van der Waals surface area contributed by atoms with E-state index in [1.807, 2.05) is 0 Å². The van der Waals surface area contributed by atoms with E-state index in [1.165, 1.54) is 3.58 Å². The normalized spacial score (nSPS) is 27.8. The fourth-order valence-electron chi connectivity index (χ4n) is 2.92. The Hall–Kier alpha value is 0.530.